The molecule has 0 atom stereocenters. The first-order valence-electron chi connectivity index (χ1n) is 8.58. The molecule has 2 aromatic carbocycles. The molecule has 0 unspecified atom stereocenters. The van der Waals surface area contributed by atoms with E-state index in [-0.39, 0.29) is 5.76 Å². The lowest BCUT2D eigenvalue weighted by Crippen LogP contribution is -2.05. The van der Waals surface area contributed by atoms with Crippen molar-refractivity contribution in [2.24, 2.45) is 0 Å². The van der Waals surface area contributed by atoms with Crippen LogP contribution in [-0.2, 0) is 6.42 Å². The second kappa shape index (κ2) is 7.57. The van der Waals surface area contributed by atoms with Crippen molar-refractivity contribution in [1.82, 2.24) is 0 Å². The smallest absolute Gasteiger partial charge is 0.104 e. The van der Waals surface area contributed by atoms with Crippen LogP contribution in [0.2, 0.25) is 0 Å². The van der Waals surface area contributed by atoms with Crippen LogP contribution in [0.4, 0.5) is 5.69 Å². The van der Waals surface area contributed by atoms with Gasteiger partial charge in [-0.1, -0.05) is 38.6 Å². The maximum absolute atomic E-state index is 9.24. The summed E-state index contributed by atoms with van der Waals surface area (Å²) in [5, 5.41) is 12.4. The minimum Gasteiger partial charge on any atom is -0.511 e. The molecular weight excluding hydrogens is 294 g/mol. The molecule has 128 valence electrons. The van der Waals surface area contributed by atoms with E-state index >= 15 is 0 Å². The number of hydrogen-bond donors (Lipinski definition) is 2. The fourth-order valence-corrected chi connectivity index (χ4v) is 3.20. The van der Waals surface area contributed by atoms with Crippen LogP contribution in [0.5, 0.6) is 0 Å². The fourth-order valence-electron chi connectivity index (χ4n) is 3.20. The Morgan fingerprint density at radius 2 is 1.67 bits per heavy atom. The van der Waals surface area contributed by atoms with Crippen molar-refractivity contribution in [1.29, 1.82) is 0 Å². The summed E-state index contributed by atoms with van der Waals surface area (Å²) in [4.78, 5) is 0. The number of aliphatic hydroxyl groups is 1. The van der Waals surface area contributed by atoms with Gasteiger partial charge in [-0.3, -0.25) is 0 Å². The first kappa shape index (κ1) is 18.1. The Morgan fingerprint density at radius 3 is 2.21 bits per heavy atom. The molecule has 0 aromatic heterocycles. The highest BCUT2D eigenvalue weighted by Gasteiger charge is 2.09. The Bertz CT molecular complexity index is 721. The molecule has 0 amide bonds. The van der Waals surface area contributed by atoms with Crippen molar-refractivity contribution < 1.29 is 5.11 Å². The van der Waals surface area contributed by atoms with Gasteiger partial charge in [0.25, 0.3) is 0 Å². The van der Waals surface area contributed by atoms with Crippen molar-refractivity contribution in [2.45, 2.75) is 47.0 Å². The quantitative estimate of drug-likeness (QED) is 0.657. The fraction of sp³-hybridized carbons (Fsp3) is 0.364. The van der Waals surface area contributed by atoms with Crippen molar-refractivity contribution in [3.05, 3.63) is 76.1 Å². The molecule has 2 rings (SSSR count). The third-order valence-corrected chi connectivity index (χ3v) is 4.54. The molecule has 2 aromatic rings. The zero-order valence-corrected chi connectivity index (χ0v) is 15.5. The molecule has 2 nitrogen and oxygen atoms in total. The molecule has 0 saturated carbocycles. The van der Waals surface area contributed by atoms with Gasteiger partial charge in [-0.25, -0.2) is 0 Å². The molecule has 0 fully saturated rings. The van der Waals surface area contributed by atoms with Crippen LogP contribution < -0.4 is 5.32 Å². The SMILES string of the molecule is C=C(O)CNc1cc(C)c(Cc2ccc(C)c(C(C)C)c2)c(C)c1. The lowest BCUT2D eigenvalue weighted by Gasteiger charge is -2.16. The average molecular weight is 323 g/mol. The molecule has 0 heterocycles. The monoisotopic (exact) mass is 323 g/mol. The van der Waals surface area contributed by atoms with E-state index < -0.39 is 0 Å². The van der Waals surface area contributed by atoms with E-state index in [9.17, 15) is 5.11 Å². The second-order valence-electron chi connectivity index (χ2n) is 7.03. The Morgan fingerprint density at radius 1 is 1.04 bits per heavy atom. The van der Waals surface area contributed by atoms with E-state index in [4.69, 9.17) is 0 Å². The van der Waals surface area contributed by atoms with E-state index in [1.54, 1.807) is 0 Å². The van der Waals surface area contributed by atoms with Crippen LogP contribution in [0.1, 0.15) is 53.1 Å². The predicted molar refractivity (Wildman–Crippen MR) is 104 cm³/mol. The van der Waals surface area contributed by atoms with E-state index in [1.807, 2.05) is 0 Å². The van der Waals surface area contributed by atoms with Gasteiger partial charge >= 0.3 is 0 Å². The third-order valence-electron chi connectivity index (χ3n) is 4.54. The van der Waals surface area contributed by atoms with Gasteiger partial charge in [0.05, 0.1) is 6.54 Å². The van der Waals surface area contributed by atoms with Crippen LogP contribution in [0, 0.1) is 20.8 Å². The number of aryl methyl sites for hydroxylation is 3. The first-order chi connectivity index (χ1) is 11.3. The van der Waals surface area contributed by atoms with Gasteiger partial charge in [0, 0.05) is 5.69 Å². The summed E-state index contributed by atoms with van der Waals surface area (Å²) in [6.07, 6.45) is 0.949. The highest BCUT2D eigenvalue weighted by Crippen LogP contribution is 2.26. The summed E-state index contributed by atoms with van der Waals surface area (Å²) in [6.45, 7) is 14.9. The number of aliphatic hydroxyl groups excluding tert-OH is 1. The minimum atomic E-state index is 0.148. The van der Waals surface area contributed by atoms with Crippen molar-refractivity contribution in [3.63, 3.8) is 0 Å². The van der Waals surface area contributed by atoms with Crippen LogP contribution >= 0.6 is 0 Å². The molecular formula is C22H29NO. The molecule has 0 aliphatic carbocycles. The van der Waals surface area contributed by atoms with Crippen LogP contribution in [0.25, 0.3) is 0 Å². The van der Waals surface area contributed by atoms with Crippen LogP contribution in [-0.4, -0.2) is 11.7 Å². The van der Waals surface area contributed by atoms with Crippen molar-refractivity contribution in [3.8, 4) is 0 Å². The lowest BCUT2D eigenvalue weighted by molar-refractivity contribution is 0.410. The molecule has 24 heavy (non-hydrogen) atoms. The van der Waals surface area contributed by atoms with Gasteiger partial charge in [-0.05, 0) is 78.6 Å². The van der Waals surface area contributed by atoms with Crippen molar-refractivity contribution >= 4 is 5.69 Å². The maximum atomic E-state index is 9.24. The maximum Gasteiger partial charge on any atom is 0.104 e. The highest BCUT2D eigenvalue weighted by molar-refractivity contribution is 5.53. The summed E-state index contributed by atoms with van der Waals surface area (Å²) >= 11 is 0. The number of hydrogen-bond acceptors (Lipinski definition) is 2. The highest BCUT2D eigenvalue weighted by atomic mass is 16.3. The van der Waals surface area contributed by atoms with Gasteiger partial charge in [-0.15, -0.1) is 0 Å². The van der Waals surface area contributed by atoms with Gasteiger partial charge in [0.2, 0.25) is 0 Å². The number of benzene rings is 2. The zero-order chi connectivity index (χ0) is 17.9. The van der Waals surface area contributed by atoms with E-state index in [0.29, 0.717) is 12.5 Å². The molecule has 0 aliphatic rings. The molecule has 0 saturated heterocycles. The third kappa shape index (κ3) is 4.41. The molecule has 0 aliphatic heterocycles. The van der Waals surface area contributed by atoms with E-state index in [1.165, 1.54) is 33.4 Å². The average Bonchev–Trinajstić information content (AvgIpc) is 2.50. The zero-order valence-electron chi connectivity index (χ0n) is 15.5. The number of anilines is 1. The van der Waals surface area contributed by atoms with Gasteiger partial charge in [0.15, 0.2) is 0 Å². The summed E-state index contributed by atoms with van der Waals surface area (Å²) in [5.41, 5.74) is 9.10. The molecule has 0 spiro atoms. The Kier molecular flexibility index (Phi) is 5.71. The largest absolute Gasteiger partial charge is 0.511 e. The van der Waals surface area contributed by atoms with Crippen LogP contribution in [0.3, 0.4) is 0 Å². The summed E-state index contributed by atoms with van der Waals surface area (Å²) < 4.78 is 0. The summed E-state index contributed by atoms with van der Waals surface area (Å²) in [5.74, 6) is 0.695. The molecule has 2 heteroatoms. The normalized spacial score (nSPS) is 10.9. The van der Waals surface area contributed by atoms with Crippen molar-refractivity contribution in [2.75, 3.05) is 11.9 Å². The Labute approximate surface area is 146 Å². The minimum absolute atomic E-state index is 0.148. The standard InChI is InChI=1S/C22H29NO/c1-14(2)21-11-19(8-7-15(21)3)12-22-16(4)9-20(10-17(22)5)23-13-18(6)24/h7-11,14,23-24H,6,12-13H2,1-5H3. The van der Waals surface area contributed by atoms with E-state index in [2.05, 4.69) is 76.8 Å². The molecule has 0 radical (unpaired) electrons. The predicted octanol–water partition coefficient (Wildman–Crippen LogP) is 5.81. The first-order valence-corrected chi connectivity index (χ1v) is 8.58. The van der Waals surface area contributed by atoms with Gasteiger partial charge < -0.3 is 10.4 Å². The number of nitrogens with one attached hydrogen (secondary N) is 1. The number of rotatable bonds is 6. The molecule has 0 bridgehead atoms. The Balaban J connectivity index is 2.27. The van der Waals surface area contributed by atoms with Gasteiger partial charge in [-0.2, -0.15) is 0 Å². The Hall–Kier alpha value is -2.22. The summed E-state index contributed by atoms with van der Waals surface area (Å²) in [7, 11) is 0. The molecule has 2 N–H and O–H groups in total. The lowest BCUT2D eigenvalue weighted by atomic mass is 9.91. The second-order valence-corrected chi connectivity index (χ2v) is 7.03. The van der Waals surface area contributed by atoms with Crippen LogP contribution in [0.15, 0.2) is 42.7 Å². The summed E-state index contributed by atoms with van der Waals surface area (Å²) in [6, 6.07) is 11.1. The topological polar surface area (TPSA) is 32.3 Å². The van der Waals surface area contributed by atoms with Gasteiger partial charge in [0.1, 0.15) is 5.76 Å². The van der Waals surface area contributed by atoms with E-state index in [0.717, 1.165) is 12.1 Å².